The fraction of sp³-hybridized carbons (Fsp3) is 0.385. The summed E-state index contributed by atoms with van der Waals surface area (Å²) in [6.07, 6.45) is 10.8. The SMILES string of the molecule is CC(Sc1ccccccccc1)c1ccc2c(c1)CCCCCCCC2. The average molecular weight is 377 g/mol. The summed E-state index contributed by atoms with van der Waals surface area (Å²) in [6, 6.07) is 26.3. The fourth-order valence-corrected chi connectivity index (χ4v) is 4.75. The van der Waals surface area contributed by atoms with Gasteiger partial charge in [-0.1, -0.05) is 86.3 Å². The van der Waals surface area contributed by atoms with Crippen molar-refractivity contribution in [1.82, 2.24) is 0 Å². The largest absolute Gasteiger partial charge is 0.118 e. The van der Waals surface area contributed by atoms with Crippen LogP contribution in [0.3, 0.4) is 0 Å². The molecular formula is C26H32S. The summed E-state index contributed by atoms with van der Waals surface area (Å²) in [5, 5.41) is 0.456. The highest BCUT2D eigenvalue weighted by Crippen LogP contribution is 2.35. The second-order valence-electron chi connectivity index (χ2n) is 7.49. The van der Waals surface area contributed by atoms with E-state index in [4.69, 9.17) is 0 Å². The minimum Gasteiger partial charge on any atom is -0.118 e. The van der Waals surface area contributed by atoms with Crippen LogP contribution in [0.4, 0.5) is 0 Å². The van der Waals surface area contributed by atoms with Gasteiger partial charge in [0, 0.05) is 10.1 Å². The van der Waals surface area contributed by atoms with Crippen molar-refractivity contribution < 1.29 is 0 Å². The Hall–Kier alpha value is -1.73. The van der Waals surface area contributed by atoms with Crippen LogP contribution in [-0.4, -0.2) is 0 Å². The summed E-state index contributed by atoms with van der Waals surface area (Å²) < 4.78 is 0. The third-order valence-corrected chi connectivity index (χ3v) is 6.51. The molecule has 3 rings (SSSR count). The number of hydrogen-bond donors (Lipinski definition) is 0. The van der Waals surface area contributed by atoms with Gasteiger partial charge in [-0.2, -0.15) is 0 Å². The summed E-state index contributed by atoms with van der Waals surface area (Å²) >= 11 is 1.94. The van der Waals surface area contributed by atoms with Crippen molar-refractivity contribution in [3.05, 3.63) is 89.5 Å². The molecule has 1 atom stereocenters. The smallest absolute Gasteiger partial charge is 0.0316 e. The van der Waals surface area contributed by atoms with E-state index in [1.165, 1.54) is 61.8 Å². The number of benzene rings is 1. The topological polar surface area (TPSA) is 0 Å². The van der Waals surface area contributed by atoms with Gasteiger partial charge in [-0.05, 0) is 61.4 Å². The molecule has 2 aromatic carbocycles. The molecule has 0 fully saturated rings. The van der Waals surface area contributed by atoms with Gasteiger partial charge in [-0.15, -0.1) is 11.8 Å². The predicted octanol–water partition coefficient (Wildman–Crippen LogP) is 8.10. The van der Waals surface area contributed by atoms with Gasteiger partial charge in [-0.3, -0.25) is 0 Å². The van der Waals surface area contributed by atoms with Crippen LogP contribution < -0.4 is 0 Å². The first-order valence-corrected chi connectivity index (χ1v) is 11.4. The zero-order chi connectivity index (χ0) is 18.7. The maximum atomic E-state index is 2.50. The molecule has 0 saturated heterocycles. The van der Waals surface area contributed by atoms with Crippen molar-refractivity contribution in [2.45, 2.75) is 68.4 Å². The van der Waals surface area contributed by atoms with Gasteiger partial charge in [0.15, 0.2) is 0 Å². The summed E-state index contributed by atoms with van der Waals surface area (Å²) in [5.74, 6) is 0. The van der Waals surface area contributed by atoms with Gasteiger partial charge in [0.25, 0.3) is 0 Å². The highest BCUT2D eigenvalue weighted by Gasteiger charge is 2.11. The maximum absolute atomic E-state index is 2.50. The molecule has 1 unspecified atom stereocenters. The van der Waals surface area contributed by atoms with Crippen molar-refractivity contribution in [1.29, 1.82) is 0 Å². The van der Waals surface area contributed by atoms with Crippen molar-refractivity contribution in [2.75, 3.05) is 0 Å². The molecule has 0 amide bonds. The number of fused-ring (bicyclic) bond motifs is 1. The van der Waals surface area contributed by atoms with E-state index in [1.807, 2.05) is 11.8 Å². The van der Waals surface area contributed by atoms with Gasteiger partial charge >= 0.3 is 0 Å². The molecule has 0 N–H and O–H groups in total. The lowest BCUT2D eigenvalue weighted by Crippen LogP contribution is -2.00. The first kappa shape index (κ1) is 20.0. The Bertz CT molecular complexity index is 739. The second-order valence-corrected chi connectivity index (χ2v) is 8.91. The number of rotatable bonds is 3. The molecule has 0 aliphatic heterocycles. The number of thioether (sulfide) groups is 1. The van der Waals surface area contributed by atoms with E-state index in [1.54, 1.807) is 11.1 Å². The second kappa shape index (κ2) is 11.2. The lowest BCUT2D eigenvalue weighted by molar-refractivity contribution is 0.580. The molecule has 0 bridgehead atoms. The molecule has 1 aliphatic carbocycles. The van der Waals surface area contributed by atoms with Gasteiger partial charge in [-0.25, -0.2) is 0 Å². The molecule has 0 radical (unpaired) electrons. The predicted molar refractivity (Wildman–Crippen MR) is 120 cm³/mol. The van der Waals surface area contributed by atoms with Crippen LogP contribution in [0, 0.1) is 0 Å². The Morgan fingerprint density at radius 3 is 1.85 bits per heavy atom. The van der Waals surface area contributed by atoms with Crippen LogP contribution >= 0.6 is 11.8 Å². The molecule has 1 aliphatic rings. The highest BCUT2D eigenvalue weighted by atomic mass is 32.2. The Labute approximate surface area is 169 Å². The van der Waals surface area contributed by atoms with Crippen molar-refractivity contribution in [2.24, 2.45) is 0 Å². The van der Waals surface area contributed by atoms with E-state index >= 15 is 0 Å². The van der Waals surface area contributed by atoms with Gasteiger partial charge in [0.1, 0.15) is 0 Å². The minimum absolute atomic E-state index is 0.456. The summed E-state index contributed by atoms with van der Waals surface area (Å²) in [4.78, 5) is 1.30. The molecule has 0 saturated carbocycles. The van der Waals surface area contributed by atoms with Crippen LogP contribution in [0.15, 0.2) is 77.7 Å². The molecule has 0 heterocycles. The fourth-order valence-electron chi connectivity index (χ4n) is 3.74. The number of aryl methyl sites for hydroxylation is 2. The Morgan fingerprint density at radius 1 is 0.630 bits per heavy atom. The van der Waals surface area contributed by atoms with E-state index in [2.05, 4.69) is 79.7 Å². The lowest BCUT2D eigenvalue weighted by Gasteiger charge is -2.17. The average Bonchev–Trinajstić information content (AvgIpc) is 2.70. The molecule has 1 heteroatoms. The maximum Gasteiger partial charge on any atom is 0.0316 e. The molecule has 0 aromatic heterocycles. The summed E-state index contributed by atoms with van der Waals surface area (Å²) in [6.45, 7) is 2.33. The van der Waals surface area contributed by atoms with Crippen LogP contribution in [-0.2, 0) is 12.8 Å². The number of hydrogen-bond acceptors (Lipinski definition) is 1. The normalized spacial score (nSPS) is 15.9. The molecule has 0 spiro atoms. The van der Waals surface area contributed by atoms with Crippen molar-refractivity contribution in [3.63, 3.8) is 0 Å². The van der Waals surface area contributed by atoms with E-state index < -0.39 is 0 Å². The van der Waals surface area contributed by atoms with E-state index in [0.29, 0.717) is 5.25 Å². The Balaban J connectivity index is 1.77. The zero-order valence-corrected chi connectivity index (χ0v) is 17.4. The third kappa shape index (κ3) is 6.74. The van der Waals surface area contributed by atoms with Crippen LogP contribution in [0.5, 0.6) is 0 Å². The standard InChI is InChI=1S/C26H32S/c1-22(27-26-17-13-9-3-2-4-10-14-18-26)24-20-19-23-15-11-7-5-6-8-12-16-25(23)21-24/h2-4,9-10,13-14,17-22H,5-8,11-12,15-16H2,1H3. The first-order chi connectivity index (χ1) is 13.3. The lowest BCUT2D eigenvalue weighted by atomic mass is 9.92. The summed E-state index contributed by atoms with van der Waals surface area (Å²) in [7, 11) is 0. The first-order valence-electron chi connectivity index (χ1n) is 10.5. The van der Waals surface area contributed by atoms with Gasteiger partial charge in [0.05, 0.1) is 0 Å². The highest BCUT2D eigenvalue weighted by molar-refractivity contribution is 7.99. The summed E-state index contributed by atoms with van der Waals surface area (Å²) in [5.41, 5.74) is 4.66. The van der Waals surface area contributed by atoms with E-state index in [0.717, 1.165) is 0 Å². The van der Waals surface area contributed by atoms with Gasteiger partial charge < -0.3 is 0 Å². The molecule has 142 valence electrons. The minimum atomic E-state index is 0.456. The molecular weight excluding hydrogens is 344 g/mol. The van der Waals surface area contributed by atoms with Crippen LogP contribution in [0.2, 0.25) is 0 Å². The quantitative estimate of drug-likeness (QED) is 0.487. The van der Waals surface area contributed by atoms with E-state index in [-0.39, 0.29) is 0 Å². The zero-order valence-electron chi connectivity index (χ0n) is 16.6. The van der Waals surface area contributed by atoms with Crippen molar-refractivity contribution >= 4 is 11.8 Å². The van der Waals surface area contributed by atoms with Gasteiger partial charge in [0.2, 0.25) is 0 Å². The van der Waals surface area contributed by atoms with Crippen LogP contribution in [0.1, 0.15) is 67.4 Å². The molecule has 2 aromatic rings. The Morgan fingerprint density at radius 2 is 1.19 bits per heavy atom. The Kier molecular flexibility index (Phi) is 8.30. The van der Waals surface area contributed by atoms with E-state index in [9.17, 15) is 0 Å². The molecule has 0 nitrogen and oxygen atoms in total. The third-order valence-electron chi connectivity index (χ3n) is 5.34. The van der Waals surface area contributed by atoms with Crippen LogP contribution in [0.25, 0.3) is 0 Å². The van der Waals surface area contributed by atoms with Crippen molar-refractivity contribution in [3.8, 4) is 0 Å². The molecule has 27 heavy (non-hydrogen) atoms. The monoisotopic (exact) mass is 376 g/mol.